The second kappa shape index (κ2) is 16.5. The van der Waals surface area contributed by atoms with Crippen molar-refractivity contribution in [2.75, 3.05) is 36.4 Å². The van der Waals surface area contributed by atoms with Crippen LogP contribution in [0.3, 0.4) is 0 Å². The summed E-state index contributed by atoms with van der Waals surface area (Å²) in [5, 5.41) is 38.1. The van der Waals surface area contributed by atoms with Crippen LogP contribution in [-0.2, 0) is 11.3 Å². The lowest BCUT2D eigenvalue weighted by Crippen LogP contribution is -2.47. The molecule has 0 spiro atoms. The minimum absolute atomic E-state index is 0.0560. The second-order valence-corrected chi connectivity index (χ2v) is 13.8. The topological polar surface area (TPSA) is 158 Å². The van der Waals surface area contributed by atoms with Crippen molar-refractivity contribution in [2.45, 2.75) is 38.0 Å². The van der Waals surface area contributed by atoms with Crippen LogP contribution in [0, 0.1) is 3.57 Å². The van der Waals surface area contributed by atoms with Crippen molar-refractivity contribution in [2.24, 2.45) is 0 Å². The van der Waals surface area contributed by atoms with Gasteiger partial charge in [0.2, 0.25) is 11.5 Å². The molecule has 1 aliphatic rings. The normalized spacial score (nSPS) is 14.3. The van der Waals surface area contributed by atoms with E-state index in [0.29, 0.717) is 67.6 Å². The second-order valence-electron chi connectivity index (χ2n) is 12.7. The first-order chi connectivity index (χ1) is 24.7. The Morgan fingerprint density at radius 3 is 2.45 bits per heavy atom. The van der Waals surface area contributed by atoms with E-state index in [1.165, 1.54) is 17.0 Å². The van der Waals surface area contributed by atoms with Crippen LogP contribution in [0.2, 0.25) is 0 Å². The fourth-order valence-corrected chi connectivity index (χ4v) is 7.37. The van der Waals surface area contributed by atoms with E-state index in [9.17, 15) is 29.7 Å². The van der Waals surface area contributed by atoms with Crippen LogP contribution in [-0.4, -0.2) is 69.4 Å². The van der Waals surface area contributed by atoms with Crippen LogP contribution in [0.1, 0.15) is 36.5 Å². The summed E-state index contributed by atoms with van der Waals surface area (Å²) in [6, 6.07) is 29.1. The zero-order chi connectivity index (χ0) is 35.9. The molecule has 0 saturated carbocycles. The smallest absolute Gasteiger partial charge is 0.412 e. The third-order valence-electron chi connectivity index (χ3n) is 9.27. The monoisotopic (exact) mass is 801 g/mol. The standard InChI is InChI=1S/C39H40IN5O6/c40-31-22-25(23-41-24-35(47)29-11-14-34(46)38-30(29)12-15-36(48)43-38)10-13-32(31)42-37(49)18-21-44-19-16-27(17-20-44)45(39(50)51)33-9-5-4-8-28(33)26-6-2-1-3-7-26/h1-15,22,27,35,41,46-47H,16-21,23-24H2,(H,42,49)(H,43,48)(H,50,51)/t35-/m0/s1. The van der Waals surface area contributed by atoms with E-state index in [-0.39, 0.29) is 29.8 Å². The van der Waals surface area contributed by atoms with Crippen molar-refractivity contribution in [3.8, 4) is 16.9 Å². The number of aromatic amines is 1. The van der Waals surface area contributed by atoms with Gasteiger partial charge in [-0.25, -0.2) is 4.79 Å². The Morgan fingerprint density at radius 1 is 0.961 bits per heavy atom. The molecule has 0 radical (unpaired) electrons. The Hall–Kier alpha value is -4.76. The number of aliphatic hydroxyl groups excluding tert-OH is 1. The van der Waals surface area contributed by atoms with Crippen molar-refractivity contribution >= 4 is 56.9 Å². The quantitative estimate of drug-likeness (QED) is 0.0803. The maximum Gasteiger partial charge on any atom is 0.412 e. The van der Waals surface area contributed by atoms with Gasteiger partial charge in [-0.2, -0.15) is 0 Å². The van der Waals surface area contributed by atoms with Gasteiger partial charge in [0.25, 0.3) is 0 Å². The Bertz CT molecular complexity index is 2070. The number of likely N-dealkylation sites (tertiary alicyclic amines) is 1. The molecule has 11 nitrogen and oxygen atoms in total. The number of fused-ring (bicyclic) bond motifs is 1. The number of piperidine rings is 1. The van der Waals surface area contributed by atoms with E-state index in [1.54, 1.807) is 12.1 Å². The summed E-state index contributed by atoms with van der Waals surface area (Å²) >= 11 is 2.20. The number of benzene rings is 4. The number of aromatic hydroxyl groups is 1. The molecule has 6 rings (SSSR count). The molecule has 1 aromatic heterocycles. The summed E-state index contributed by atoms with van der Waals surface area (Å²) in [4.78, 5) is 43.5. The number of phenolic OH excluding ortho intramolecular Hbond substituents is 1. The van der Waals surface area contributed by atoms with Crippen LogP contribution in [0.4, 0.5) is 16.2 Å². The molecule has 264 valence electrons. The lowest BCUT2D eigenvalue weighted by atomic mass is 9.98. The molecule has 2 heterocycles. The highest BCUT2D eigenvalue weighted by Gasteiger charge is 2.30. The summed E-state index contributed by atoms with van der Waals surface area (Å²) in [5.41, 5.74) is 4.80. The Kier molecular flexibility index (Phi) is 11.7. The molecule has 1 fully saturated rings. The minimum atomic E-state index is -0.965. The van der Waals surface area contributed by atoms with Crippen LogP contribution in [0.15, 0.2) is 102 Å². The molecule has 51 heavy (non-hydrogen) atoms. The zero-order valence-electron chi connectivity index (χ0n) is 27.9. The number of aliphatic hydroxyl groups is 1. The summed E-state index contributed by atoms with van der Waals surface area (Å²) in [7, 11) is 0. The first kappa shape index (κ1) is 36.0. The molecular formula is C39H40IN5O6. The molecule has 6 N–H and O–H groups in total. The van der Waals surface area contributed by atoms with Gasteiger partial charge in [-0.3, -0.25) is 14.5 Å². The SMILES string of the molecule is O=C(CCN1CCC(N(C(=O)O)c2ccccc2-c2ccccc2)CC1)Nc1ccc(CNC[C@H](O)c2ccc(O)c3[nH]c(=O)ccc23)cc1I. The fraction of sp³-hybridized carbons (Fsp3) is 0.256. The van der Waals surface area contributed by atoms with Crippen LogP contribution in [0.5, 0.6) is 5.75 Å². The molecule has 0 unspecified atom stereocenters. The predicted octanol–water partition coefficient (Wildman–Crippen LogP) is 6.31. The lowest BCUT2D eigenvalue weighted by Gasteiger charge is -2.37. The maximum absolute atomic E-state index is 12.9. The summed E-state index contributed by atoms with van der Waals surface area (Å²) in [5.74, 6) is -0.144. The van der Waals surface area contributed by atoms with E-state index in [2.05, 4.69) is 43.1 Å². The highest BCUT2D eigenvalue weighted by Crippen LogP contribution is 2.34. The van der Waals surface area contributed by atoms with E-state index < -0.39 is 12.2 Å². The molecule has 1 saturated heterocycles. The molecule has 1 atom stereocenters. The van der Waals surface area contributed by atoms with Gasteiger partial charge in [0, 0.05) is 65.8 Å². The van der Waals surface area contributed by atoms with Gasteiger partial charge in [0.15, 0.2) is 0 Å². The van der Waals surface area contributed by atoms with Gasteiger partial charge in [-0.05, 0) is 82.5 Å². The van der Waals surface area contributed by atoms with Gasteiger partial charge in [-0.15, -0.1) is 0 Å². The Balaban J connectivity index is 0.969. The van der Waals surface area contributed by atoms with Crippen LogP contribution < -0.4 is 21.1 Å². The van der Waals surface area contributed by atoms with Crippen LogP contribution >= 0.6 is 22.6 Å². The first-order valence-electron chi connectivity index (χ1n) is 16.9. The number of para-hydroxylation sites is 1. The Morgan fingerprint density at radius 2 is 1.71 bits per heavy atom. The number of carbonyl (C=O) groups excluding carboxylic acids is 1. The van der Waals surface area contributed by atoms with Crippen molar-refractivity contribution in [1.82, 2.24) is 15.2 Å². The number of aromatic nitrogens is 1. The van der Waals surface area contributed by atoms with Crippen molar-refractivity contribution in [1.29, 1.82) is 0 Å². The molecule has 1 aliphatic heterocycles. The third-order valence-corrected chi connectivity index (χ3v) is 10.2. The first-order valence-corrected chi connectivity index (χ1v) is 18.0. The van der Waals surface area contributed by atoms with E-state index in [4.69, 9.17) is 0 Å². The third kappa shape index (κ3) is 8.76. The van der Waals surface area contributed by atoms with Crippen molar-refractivity contribution in [3.05, 3.63) is 122 Å². The Labute approximate surface area is 309 Å². The fourth-order valence-electron chi connectivity index (χ4n) is 6.66. The van der Waals surface area contributed by atoms with Gasteiger partial charge in [0.05, 0.1) is 23.0 Å². The number of hydrogen-bond acceptors (Lipinski definition) is 7. The number of nitrogens with zero attached hydrogens (tertiary/aromatic N) is 2. The van der Waals surface area contributed by atoms with E-state index in [0.717, 1.165) is 25.9 Å². The maximum atomic E-state index is 12.9. The van der Waals surface area contributed by atoms with Gasteiger partial charge >= 0.3 is 6.09 Å². The molecule has 12 heteroatoms. The van der Waals surface area contributed by atoms with Crippen molar-refractivity contribution < 1.29 is 24.9 Å². The molecule has 2 amide bonds. The van der Waals surface area contributed by atoms with E-state index in [1.807, 2.05) is 72.8 Å². The molecule has 0 bridgehead atoms. The highest BCUT2D eigenvalue weighted by molar-refractivity contribution is 14.1. The number of H-pyrrole nitrogens is 1. The largest absolute Gasteiger partial charge is 0.506 e. The molecule has 5 aromatic rings. The number of nitrogens with one attached hydrogen (secondary N) is 3. The average Bonchev–Trinajstić information content (AvgIpc) is 3.13. The molecule has 4 aromatic carbocycles. The number of phenols is 1. The number of carbonyl (C=O) groups is 2. The average molecular weight is 802 g/mol. The summed E-state index contributed by atoms with van der Waals surface area (Å²) in [6.45, 7) is 2.72. The number of hydrogen-bond donors (Lipinski definition) is 6. The number of halogens is 1. The molecular weight excluding hydrogens is 761 g/mol. The number of carboxylic acid groups (broad SMARTS) is 1. The van der Waals surface area contributed by atoms with Gasteiger partial charge in [0.1, 0.15) is 5.75 Å². The molecule has 0 aliphatic carbocycles. The van der Waals surface area contributed by atoms with Gasteiger partial charge < -0.3 is 35.8 Å². The van der Waals surface area contributed by atoms with Crippen LogP contribution in [0.25, 0.3) is 22.0 Å². The summed E-state index contributed by atoms with van der Waals surface area (Å²) in [6.07, 6.45) is -0.161. The lowest BCUT2D eigenvalue weighted by molar-refractivity contribution is -0.116. The summed E-state index contributed by atoms with van der Waals surface area (Å²) < 4.78 is 0.889. The number of rotatable bonds is 12. The zero-order valence-corrected chi connectivity index (χ0v) is 30.0. The highest BCUT2D eigenvalue weighted by atomic mass is 127. The van der Waals surface area contributed by atoms with Crippen molar-refractivity contribution in [3.63, 3.8) is 0 Å². The number of anilines is 2. The minimum Gasteiger partial charge on any atom is -0.506 e. The number of amides is 2. The predicted molar refractivity (Wildman–Crippen MR) is 207 cm³/mol. The van der Waals surface area contributed by atoms with E-state index >= 15 is 0 Å². The van der Waals surface area contributed by atoms with Gasteiger partial charge in [-0.1, -0.05) is 60.7 Å². The number of pyridine rings is 1.